The Labute approximate surface area is 105 Å². The first kappa shape index (κ1) is 12.6. The highest BCUT2D eigenvalue weighted by atomic mass is 32.2. The smallest absolute Gasteiger partial charge is 0.329 e. The Morgan fingerprint density at radius 2 is 1.94 bits per heavy atom. The summed E-state index contributed by atoms with van der Waals surface area (Å²) in [5.41, 5.74) is 0. The number of hydrogen-bond acceptors (Lipinski definition) is 5. The lowest BCUT2D eigenvalue weighted by Gasteiger charge is -2.02. The van der Waals surface area contributed by atoms with Crippen LogP contribution in [0.4, 0.5) is 6.01 Å². The van der Waals surface area contributed by atoms with Gasteiger partial charge in [0.2, 0.25) is 5.89 Å². The SMILES string of the molecule is CCCc1nnc(NS(=O)(=O)c2ccccc2)o1. The van der Waals surface area contributed by atoms with Crippen LogP contribution in [-0.4, -0.2) is 18.6 Å². The molecule has 0 amide bonds. The second-order valence-corrected chi connectivity index (χ2v) is 5.35. The van der Waals surface area contributed by atoms with E-state index in [9.17, 15) is 8.42 Å². The lowest BCUT2D eigenvalue weighted by atomic mass is 10.3. The number of benzene rings is 1. The molecule has 0 atom stereocenters. The molecule has 96 valence electrons. The molecule has 1 N–H and O–H groups in total. The van der Waals surface area contributed by atoms with Crippen molar-refractivity contribution in [3.05, 3.63) is 36.2 Å². The fourth-order valence-electron chi connectivity index (χ4n) is 1.38. The first-order valence-corrected chi connectivity index (χ1v) is 7.00. The minimum Gasteiger partial charge on any atom is -0.407 e. The summed E-state index contributed by atoms with van der Waals surface area (Å²) in [7, 11) is -3.66. The van der Waals surface area contributed by atoms with Gasteiger partial charge in [0.15, 0.2) is 0 Å². The lowest BCUT2D eigenvalue weighted by Crippen LogP contribution is -2.12. The normalized spacial score (nSPS) is 11.4. The summed E-state index contributed by atoms with van der Waals surface area (Å²) < 4.78 is 31.3. The van der Waals surface area contributed by atoms with Crippen LogP contribution in [0.3, 0.4) is 0 Å². The topological polar surface area (TPSA) is 85.1 Å². The van der Waals surface area contributed by atoms with Crippen LogP contribution in [0.25, 0.3) is 0 Å². The Balaban J connectivity index is 2.17. The standard InChI is InChI=1S/C11H13N3O3S/c1-2-6-10-12-13-11(17-10)14-18(15,16)9-7-4-3-5-8-9/h3-5,7-8H,2,6H2,1H3,(H,13,14). The molecule has 7 heteroatoms. The zero-order valence-electron chi connectivity index (χ0n) is 9.83. The molecule has 0 fully saturated rings. The average molecular weight is 267 g/mol. The average Bonchev–Trinajstić information content (AvgIpc) is 2.77. The first-order valence-electron chi connectivity index (χ1n) is 5.52. The van der Waals surface area contributed by atoms with Gasteiger partial charge in [0, 0.05) is 6.42 Å². The maximum atomic E-state index is 11.9. The van der Waals surface area contributed by atoms with Gasteiger partial charge in [-0.1, -0.05) is 30.2 Å². The van der Waals surface area contributed by atoms with Gasteiger partial charge in [-0.15, -0.1) is 5.10 Å². The maximum absolute atomic E-state index is 11.9. The summed E-state index contributed by atoms with van der Waals surface area (Å²) in [6, 6.07) is 7.90. The van der Waals surface area contributed by atoms with Crippen LogP contribution in [0.5, 0.6) is 0 Å². The molecule has 0 spiro atoms. The van der Waals surface area contributed by atoms with Crippen molar-refractivity contribution in [1.29, 1.82) is 0 Å². The van der Waals surface area contributed by atoms with Gasteiger partial charge in [-0.25, -0.2) is 13.1 Å². The zero-order chi connectivity index (χ0) is 13.0. The largest absolute Gasteiger partial charge is 0.407 e. The van der Waals surface area contributed by atoms with Crippen LogP contribution in [0.2, 0.25) is 0 Å². The van der Waals surface area contributed by atoms with Crippen LogP contribution in [0, 0.1) is 0 Å². The molecule has 1 heterocycles. The van der Waals surface area contributed by atoms with Crippen molar-refractivity contribution in [2.45, 2.75) is 24.7 Å². The van der Waals surface area contributed by atoms with E-state index >= 15 is 0 Å². The van der Waals surface area contributed by atoms with Crippen molar-refractivity contribution < 1.29 is 12.8 Å². The molecule has 0 aliphatic heterocycles. The van der Waals surface area contributed by atoms with Crippen molar-refractivity contribution in [1.82, 2.24) is 10.2 Å². The molecule has 2 aromatic rings. The summed E-state index contributed by atoms with van der Waals surface area (Å²) in [5, 5.41) is 7.38. The van der Waals surface area contributed by atoms with Gasteiger partial charge in [0.1, 0.15) is 0 Å². The monoisotopic (exact) mass is 267 g/mol. The summed E-state index contributed by atoms with van der Waals surface area (Å²) in [6.07, 6.45) is 1.48. The third kappa shape index (κ3) is 2.86. The number of nitrogens with one attached hydrogen (secondary N) is 1. The molecule has 1 aromatic carbocycles. The lowest BCUT2D eigenvalue weighted by molar-refractivity contribution is 0.504. The fourth-order valence-corrected chi connectivity index (χ4v) is 2.33. The highest BCUT2D eigenvalue weighted by Gasteiger charge is 2.17. The van der Waals surface area contributed by atoms with E-state index in [4.69, 9.17) is 4.42 Å². The second-order valence-electron chi connectivity index (χ2n) is 3.67. The minimum absolute atomic E-state index is 0.109. The predicted molar refractivity (Wildman–Crippen MR) is 65.5 cm³/mol. The Kier molecular flexibility index (Phi) is 3.61. The Bertz CT molecular complexity index is 607. The van der Waals surface area contributed by atoms with E-state index in [1.807, 2.05) is 6.92 Å². The Morgan fingerprint density at radius 3 is 2.61 bits per heavy atom. The van der Waals surface area contributed by atoms with Crippen LogP contribution < -0.4 is 4.72 Å². The number of anilines is 1. The van der Waals surface area contributed by atoms with Crippen molar-refractivity contribution in [2.75, 3.05) is 4.72 Å². The molecule has 0 saturated carbocycles. The van der Waals surface area contributed by atoms with Gasteiger partial charge in [-0.2, -0.15) is 0 Å². The Morgan fingerprint density at radius 1 is 1.22 bits per heavy atom. The Hall–Kier alpha value is -1.89. The molecule has 0 radical (unpaired) electrons. The van der Waals surface area contributed by atoms with E-state index in [0.717, 1.165) is 6.42 Å². The molecule has 0 aliphatic carbocycles. The number of aryl methyl sites for hydroxylation is 1. The van der Waals surface area contributed by atoms with Gasteiger partial charge < -0.3 is 4.42 Å². The minimum atomic E-state index is -3.66. The van der Waals surface area contributed by atoms with E-state index in [2.05, 4.69) is 14.9 Å². The number of hydrogen-bond donors (Lipinski definition) is 1. The third-order valence-electron chi connectivity index (χ3n) is 2.21. The third-order valence-corrected chi connectivity index (χ3v) is 3.54. The number of nitrogens with zero attached hydrogens (tertiary/aromatic N) is 2. The van der Waals surface area contributed by atoms with Crippen molar-refractivity contribution in [2.24, 2.45) is 0 Å². The molecular formula is C11H13N3O3S. The van der Waals surface area contributed by atoms with Crippen LogP contribution in [0.15, 0.2) is 39.6 Å². The van der Waals surface area contributed by atoms with E-state index < -0.39 is 10.0 Å². The summed E-state index contributed by atoms with van der Waals surface area (Å²) >= 11 is 0. The zero-order valence-corrected chi connectivity index (χ0v) is 10.6. The van der Waals surface area contributed by atoms with Gasteiger partial charge >= 0.3 is 6.01 Å². The quantitative estimate of drug-likeness (QED) is 0.893. The van der Waals surface area contributed by atoms with Gasteiger partial charge in [-0.05, 0) is 18.6 Å². The fraction of sp³-hybridized carbons (Fsp3) is 0.273. The summed E-state index contributed by atoms with van der Waals surface area (Å²) in [4.78, 5) is 0.153. The summed E-state index contributed by atoms with van der Waals surface area (Å²) in [5.74, 6) is 0.420. The first-order chi connectivity index (χ1) is 8.62. The maximum Gasteiger partial charge on any atom is 0.329 e. The molecular weight excluding hydrogens is 254 g/mol. The molecule has 6 nitrogen and oxygen atoms in total. The van der Waals surface area contributed by atoms with Crippen molar-refractivity contribution >= 4 is 16.0 Å². The van der Waals surface area contributed by atoms with E-state index in [1.165, 1.54) is 12.1 Å². The van der Waals surface area contributed by atoms with E-state index in [0.29, 0.717) is 12.3 Å². The van der Waals surface area contributed by atoms with E-state index in [-0.39, 0.29) is 10.9 Å². The predicted octanol–water partition coefficient (Wildman–Crippen LogP) is 1.82. The highest BCUT2D eigenvalue weighted by Crippen LogP contribution is 2.14. The number of aromatic nitrogens is 2. The molecule has 0 unspecified atom stereocenters. The number of rotatable bonds is 5. The highest BCUT2D eigenvalue weighted by molar-refractivity contribution is 7.92. The summed E-state index contributed by atoms with van der Waals surface area (Å²) in [6.45, 7) is 1.97. The molecule has 0 bridgehead atoms. The molecule has 1 aromatic heterocycles. The van der Waals surface area contributed by atoms with Crippen molar-refractivity contribution in [3.8, 4) is 0 Å². The van der Waals surface area contributed by atoms with Gasteiger partial charge in [0.25, 0.3) is 10.0 Å². The molecule has 0 saturated heterocycles. The van der Waals surface area contributed by atoms with Crippen molar-refractivity contribution in [3.63, 3.8) is 0 Å². The second kappa shape index (κ2) is 5.18. The number of sulfonamides is 1. The van der Waals surface area contributed by atoms with Crippen LogP contribution in [0.1, 0.15) is 19.2 Å². The molecule has 18 heavy (non-hydrogen) atoms. The van der Waals surface area contributed by atoms with Crippen LogP contribution in [-0.2, 0) is 16.4 Å². The van der Waals surface area contributed by atoms with Gasteiger partial charge in [-0.3, -0.25) is 0 Å². The molecule has 0 aliphatic rings. The van der Waals surface area contributed by atoms with Crippen LogP contribution >= 0.6 is 0 Å². The van der Waals surface area contributed by atoms with Gasteiger partial charge in [0.05, 0.1) is 4.90 Å². The van der Waals surface area contributed by atoms with E-state index in [1.54, 1.807) is 18.2 Å². The molecule has 2 rings (SSSR count).